The molecule has 1 N–H and O–H groups in total. The summed E-state index contributed by atoms with van der Waals surface area (Å²) in [5.41, 5.74) is 1.34. The number of hydrogen-bond acceptors (Lipinski definition) is 2. The Balaban J connectivity index is 2.27. The molecule has 1 aromatic rings. The molecule has 0 radical (unpaired) electrons. The van der Waals surface area contributed by atoms with Crippen molar-refractivity contribution in [1.29, 1.82) is 0 Å². The summed E-state index contributed by atoms with van der Waals surface area (Å²) in [6, 6.07) is 7.14. The number of carbonyl (C=O) groups is 2. The van der Waals surface area contributed by atoms with E-state index in [1.165, 1.54) is 4.90 Å². The smallest absolute Gasteiger partial charge is 0.244 e. The average molecular weight is 229 g/mol. The molecule has 0 bridgehead atoms. The molecule has 0 aliphatic carbocycles. The van der Waals surface area contributed by atoms with E-state index in [1.807, 2.05) is 6.07 Å². The first kappa shape index (κ1) is 11.1. The first-order chi connectivity index (χ1) is 8.22. The SMILES string of the molecule is [C-]#[N+]CCC(=O)N1CC(=O)Nc2ccccc21. The van der Waals surface area contributed by atoms with Crippen molar-refractivity contribution in [3.05, 3.63) is 35.7 Å². The fraction of sp³-hybridized carbons (Fsp3) is 0.250. The number of anilines is 2. The van der Waals surface area contributed by atoms with Gasteiger partial charge < -0.3 is 15.1 Å². The molecule has 2 amide bonds. The van der Waals surface area contributed by atoms with E-state index in [1.54, 1.807) is 18.2 Å². The van der Waals surface area contributed by atoms with Gasteiger partial charge in [0.25, 0.3) is 0 Å². The van der Waals surface area contributed by atoms with Crippen LogP contribution in [0.4, 0.5) is 11.4 Å². The van der Waals surface area contributed by atoms with E-state index in [0.717, 1.165) is 0 Å². The minimum atomic E-state index is -0.208. The van der Waals surface area contributed by atoms with Crippen LogP contribution in [0.1, 0.15) is 6.42 Å². The molecule has 0 atom stereocenters. The van der Waals surface area contributed by atoms with Crippen LogP contribution in [0.15, 0.2) is 24.3 Å². The number of amides is 2. The van der Waals surface area contributed by atoms with Crippen LogP contribution in [-0.2, 0) is 9.59 Å². The van der Waals surface area contributed by atoms with Crippen LogP contribution in [0.3, 0.4) is 0 Å². The zero-order valence-electron chi connectivity index (χ0n) is 9.14. The Labute approximate surface area is 98.9 Å². The summed E-state index contributed by atoms with van der Waals surface area (Å²) in [4.78, 5) is 27.9. The molecule has 0 saturated carbocycles. The van der Waals surface area contributed by atoms with E-state index >= 15 is 0 Å². The lowest BCUT2D eigenvalue weighted by molar-refractivity contribution is -0.121. The van der Waals surface area contributed by atoms with E-state index in [9.17, 15) is 9.59 Å². The molecule has 5 heteroatoms. The monoisotopic (exact) mass is 229 g/mol. The van der Waals surface area contributed by atoms with Crippen LogP contribution in [-0.4, -0.2) is 24.9 Å². The van der Waals surface area contributed by atoms with Gasteiger partial charge in [-0.1, -0.05) is 12.1 Å². The molecule has 1 aliphatic rings. The van der Waals surface area contributed by atoms with Crippen molar-refractivity contribution in [2.75, 3.05) is 23.3 Å². The Kier molecular flexibility index (Phi) is 3.06. The molecule has 2 rings (SSSR count). The highest BCUT2D eigenvalue weighted by atomic mass is 16.2. The summed E-state index contributed by atoms with van der Waals surface area (Å²) >= 11 is 0. The van der Waals surface area contributed by atoms with E-state index in [2.05, 4.69) is 10.2 Å². The average Bonchev–Trinajstić information content (AvgIpc) is 2.34. The number of benzene rings is 1. The van der Waals surface area contributed by atoms with Crippen LogP contribution in [0.25, 0.3) is 4.85 Å². The number of rotatable bonds is 2. The van der Waals surface area contributed by atoms with E-state index < -0.39 is 0 Å². The molecule has 86 valence electrons. The molecule has 1 heterocycles. The van der Waals surface area contributed by atoms with Crippen molar-refractivity contribution in [2.45, 2.75) is 6.42 Å². The van der Waals surface area contributed by atoms with Crippen molar-refractivity contribution >= 4 is 23.2 Å². The van der Waals surface area contributed by atoms with Crippen LogP contribution >= 0.6 is 0 Å². The lowest BCUT2D eigenvalue weighted by Gasteiger charge is -2.28. The molecule has 0 saturated heterocycles. The number of nitrogens with zero attached hydrogens (tertiary/aromatic N) is 2. The summed E-state index contributed by atoms with van der Waals surface area (Å²) < 4.78 is 0. The van der Waals surface area contributed by atoms with Crippen molar-refractivity contribution in [3.63, 3.8) is 0 Å². The predicted molar refractivity (Wildman–Crippen MR) is 63.5 cm³/mol. The van der Waals surface area contributed by atoms with E-state index in [-0.39, 0.29) is 31.3 Å². The first-order valence-electron chi connectivity index (χ1n) is 5.25. The third-order valence-electron chi connectivity index (χ3n) is 2.51. The van der Waals surface area contributed by atoms with Crippen LogP contribution in [0.2, 0.25) is 0 Å². The normalized spacial score (nSPS) is 13.6. The summed E-state index contributed by atoms with van der Waals surface area (Å²) in [7, 11) is 0. The molecule has 5 nitrogen and oxygen atoms in total. The molecular weight excluding hydrogens is 218 g/mol. The lowest BCUT2D eigenvalue weighted by atomic mass is 10.2. The largest absolute Gasteiger partial charge is 0.323 e. The molecule has 0 unspecified atom stereocenters. The minimum absolute atomic E-state index is 0.0217. The third-order valence-corrected chi connectivity index (χ3v) is 2.51. The van der Waals surface area contributed by atoms with Gasteiger partial charge in [-0.3, -0.25) is 9.59 Å². The van der Waals surface area contributed by atoms with E-state index in [4.69, 9.17) is 6.57 Å². The van der Waals surface area contributed by atoms with Crippen molar-refractivity contribution in [3.8, 4) is 0 Å². The Bertz CT molecular complexity index is 505. The fourth-order valence-corrected chi connectivity index (χ4v) is 1.74. The van der Waals surface area contributed by atoms with Crippen molar-refractivity contribution < 1.29 is 9.59 Å². The summed E-state index contributed by atoms with van der Waals surface area (Å²) in [6.45, 7) is 6.84. The van der Waals surface area contributed by atoms with Crippen molar-refractivity contribution in [1.82, 2.24) is 0 Å². The maximum atomic E-state index is 11.9. The van der Waals surface area contributed by atoms with Gasteiger partial charge in [-0.2, -0.15) is 0 Å². The number of para-hydroxylation sites is 2. The molecule has 1 aliphatic heterocycles. The Morgan fingerprint density at radius 3 is 3.00 bits per heavy atom. The van der Waals surface area contributed by atoms with Gasteiger partial charge in [0.15, 0.2) is 0 Å². The van der Waals surface area contributed by atoms with Gasteiger partial charge in [-0.25, -0.2) is 6.57 Å². The number of carbonyl (C=O) groups excluding carboxylic acids is 2. The number of hydrogen-bond donors (Lipinski definition) is 1. The Morgan fingerprint density at radius 1 is 1.47 bits per heavy atom. The van der Waals surface area contributed by atoms with Crippen molar-refractivity contribution in [2.24, 2.45) is 0 Å². The number of nitrogens with one attached hydrogen (secondary N) is 1. The van der Waals surface area contributed by atoms with Gasteiger partial charge in [-0.15, -0.1) is 0 Å². The second kappa shape index (κ2) is 4.66. The lowest BCUT2D eigenvalue weighted by Crippen LogP contribution is -2.42. The summed E-state index contributed by atoms with van der Waals surface area (Å²) in [6.07, 6.45) is 0.144. The zero-order valence-corrected chi connectivity index (χ0v) is 9.14. The molecule has 1 aromatic carbocycles. The highest BCUT2D eigenvalue weighted by Gasteiger charge is 2.26. The maximum Gasteiger partial charge on any atom is 0.244 e. The predicted octanol–water partition coefficient (Wildman–Crippen LogP) is 1.28. The van der Waals surface area contributed by atoms with Gasteiger partial charge in [0.2, 0.25) is 18.4 Å². The maximum absolute atomic E-state index is 11.9. The van der Waals surface area contributed by atoms with E-state index in [0.29, 0.717) is 11.4 Å². The molecule has 0 aromatic heterocycles. The highest BCUT2D eigenvalue weighted by molar-refractivity contribution is 6.09. The zero-order chi connectivity index (χ0) is 12.3. The topological polar surface area (TPSA) is 53.8 Å². The summed E-state index contributed by atoms with van der Waals surface area (Å²) in [5, 5.41) is 2.71. The van der Waals surface area contributed by atoms with Gasteiger partial charge in [0.05, 0.1) is 17.8 Å². The second-order valence-corrected chi connectivity index (χ2v) is 3.68. The number of fused-ring (bicyclic) bond motifs is 1. The van der Waals surface area contributed by atoms with Gasteiger partial charge in [-0.05, 0) is 12.1 Å². The minimum Gasteiger partial charge on any atom is -0.323 e. The standard InChI is InChI=1S/C12H11N3O2/c1-13-7-6-12(17)15-8-11(16)14-9-4-2-3-5-10(9)15/h2-5H,6-8H2,(H,14,16). The second-order valence-electron chi connectivity index (χ2n) is 3.68. The van der Waals surface area contributed by atoms with Crippen LogP contribution < -0.4 is 10.2 Å². The third kappa shape index (κ3) is 2.26. The quantitative estimate of drug-likeness (QED) is 0.777. The molecular formula is C12H11N3O2. The Morgan fingerprint density at radius 2 is 2.24 bits per heavy atom. The van der Waals surface area contributed by atoms with Gasteiger partial charge >= 0.3 is 0 Å². The van der Waals surface area contributed by atoms with Gasteiger partial charge in [0, 0.05) is 0 Å². The molecule has 17 heavy (non-hydrogen) atoms. The molecule has 0 fully saturated rings. The molecule has 0 spiro atoms. The first-order valence-corrected chi connectivity index (χ1v) is 5.25. The fourth-order valence-electron chi connectivity index (χ4n) is 1.74. The van der Waals surface area contributed by atoms with Crippen LogP contribution in [0.5, 0.6) is 0 Å². The van der Waals surface area contributed by atoms with Gasteiger partial charge in [0.1, 0.15) is 6.54 Å². The summed E-state index contributed by atoms with van der Waals surface area (Å²) in [5.74, 6) is -0.400. The Hall–Kier alpha value is -2.35. The highest BCUT2D eigenvalue weighted by Crippen LogP contribution is 2.29. The van der Waals surface area contributed by atoms with Crippen LogP contribution in [0, 0.1) is 6.57 Å².